The van der Waals surface area contributed by atoms with E-state index in [1.807, 2.05) is 47.9 Å². The summed E-state index contributed by atoms with van der Waals surface area (Å²) in [5.41, 5.74) is 4.65. The number of hydrogen-bond donors (Lipinski definition) is 1. The zero-order valence-corrected chi connectivity index (χ0v) is 18.2. The summed E-state index contributed by atoms with van der Waals surface area (Å²) in [5.74, 6) is -2.49. The lowest BCUT2D eigenvalue weighted by molar-refractivity contribution is -0.192. The second kappa shape index (κ2) is 10.6. The minimum Gasteiger partial charge on any atom is -0.475 e. The molecule has 178 valence electrons. The summed E-state index contributed by atoms with van der Waals surface area (Å²) in [7, 11) is 3.91. The molecular weight excluding hydrogens is 441 g/mol. The Morgan fingerprint density at radius 3 is 2.52 bits per heavy atom. The first-order chi connectivity index (χ1) is 15.6. The third kappa shape index (κ3) is 6.86. The van der Waals surface area contributed by atoms with Gasteiger partial charge < -0.3 is 9.84 Å². The van der Waals surface area contributed by atoms with Gasteiger partial charge in [0.2, 0.25) is 0 Å². The van der Waals surface area contributed by atoms with Crippen molar-refractivity contribution in [1.82, 2.24) is 29.7 Å². The number of carbonyl (C=O) groups is 1. The smallest absolute Gasteiger partial charge is 0.475 e. The van der Waals surface area contributed by atoms with Crippen molar-refractivity contribution in [1.29, 1.82) is 0 Å². The van der Waals surface area contributed by atoms with Crippen molar-refractivity contribution < 1.29 is 27.8 Å². The van der Waals surface area contributed by atoms with E-state index in [9.17, 15) is 13.2 Å². The standard InChI is InChI=1S/C19H24N6O.C2HF3O2/c1-23-9-16(8-20-23)10-25-11-17(19-18(12-25)21-22-24(19)2)14-26-13-15-6-4-3-5-7-15;3-2(4,5)1(6)7/h3-9,17H,10-14H2,1-2H3;(H,6,7). The molecular formula is C21H25F3N6O3. The Balaban J connectivity index is 0.000000383. The molecule has 3 aromatic rings. The highest BCUT2D eigenvalue weighted by atomic mass is 19.4. The quantitative estimate of drug-likeness (QED) is 0.596. The van der Waals surface area contributed by atoms with Gasteiger partial charge in [0.1, 0.15) is 5.69 Å². The Bertz CT molecular complexity index is 1050. The van der Waals surface area contributed by atoms with Gasteiger partial charge in [0.05, 0.1) is 25.1 Å². The molecule has 1 aromatic carbocycles. The lowest BCUT2D eigenvalue weighted by Crippen LogP contribution is -2.35. The largest absolute Gasteiger partial charge is 0.490 e. The van der Waals surface area contributed by atoms with Gasteiger partial charge in [-0.25, -0.2) is 4.79 Å². The molecule has 33 heavy (non-hydrogen) atoms. The molecule has 1 unspecified atom stereocenters. The van der Waals surface area contributed by atoms with Crippen LogP contribution in [0, 0.1) is 0 Å². The van der Waals surface area contributed by atoms with Crippen LogP contribution < -0.4 is 0 Å². The van der Waals surface area contributed by atoms with Crippen LogP contribution in [-0.4, -0.2) is 60.1 Å². The molecule has 0 spiro atoms. The number of rotatable bonds is 6. The topological polar surface area (TPSA) is 98.3 Å². The first kappa shape index (κ1) is 24.4. The Morgan fingerprint density at radius 2 is 1.91 bits per heavy atom. The van der Waals surface area contributed by atoms with Gasteiger partial charge in [-0.15, -0.1) is 5.10 Å². The number of aryl methyl sites for hydroxylation is 2. The van der Waals surface area contributed by atoms with E-state index >= 15 is 0 Å². The van der Waals surface area contributed by atoms with Gasteiger partial charge in [-0.1, -0.05) is 35.5 Å². The maximum absolute atomic E-state index is 10.6. The van der Waals surface area contributed by atoms with Crippen molar-refractivity contribution in [2.45, 2.75) is 31.8 Å². The van der Waals surface area contributed by atoms with E-state index in [0.717, 1.165) is 25.3 Å². The molecule has 1 N–H and O–H groups in total. The van der Waals surface area contributed by atoms with Crippen LogP contribution >= 0.6 is 0 Å². The molecule has 0 fully saturated rings. The van der Waals surface area contributed by atoms with E-state index in [0.29, 0.717) is 13.2 Å². The zero-order chi connectivity index (χ0) is 24.0. The number of alkyl halides is 3. The number of fused-ring (bicyclic) bond motifs is 1. The summed E-state index contributed by atoms with van der Waals surface area (Å²) < 4.78 is 41.5. The molecule has 3 heterocycles. The first-order valence-corrected chi connectivity index (χ1v) is 10.1. The molecule has 12 heteroatoms. The van der Waals surface area contributed by atoms with Crippen LogP contribution in [0.3, 0.4) is 0 Å². The van der Waals surface area contributed by atoms with Gasteiger partial charge in [0, 0.05) is 51.4 Å². The molecule has 0 radical (unpaired) electrons. The fourth-order valence-corrected chi connectivity index (χ4v) is 3.65. The number of aliphatic carboxylic acids is 1. The summed E-state index contributed by atoms with van der Waals surface area (Å²) in [5, 5.41) is 20.0. The van der Waals surface area contributed by atoms with Crippen LogP contribution in [0.15, 0.2) is 42.7 Å². The highest BCUT2D eigenvalue weighted by molar-refractivity contribution is 5.73. The maximum Gasteiger partial charge on any atom is 0.490 e. The van der Waals surface area contributed by atoms with E-state index in [1.165, 1.54) is 16.8 Å². The number of nitrogens with zero attached hydrogens (tertiary/aromatic N) is 6. The van der Waals surface area contributed by atoms with Crippen molar-refractivity contribution in [3.8, 4) is 0 Å². The van der Waals surface area contributed by atoms with Crippen LogP contribution in [-0.2, 0) is 43.3 Å². The van der Waals surface area contributed by atoms with Gasteiger partial charge in [-0.05, 0) is 5.56 Å². The molecule has 1 aliphatic rings. The Morgan fingerprint density at radius 1 is 1.21 bits per heavy atom. The predicted octanol–water partition coefficient (Wildman–Crippen LogP) is 2.50. The van der Waals surface area contributed by atoms with Gasteiger partial charge in [-0.2, -0.15) is 18.3 Å². The summed E-state index contributed by atoms with van der Waals surface area (Å²) in [4.78, 5) is 11.3. The minimum atomic E-state index is -5.08. The molecule has 0 saturated carbocycles. The van der Waals surface area contributed by atoms with E-state index in [1.54, 1.807) is 0 Å². The van der Waals surface area contributed by atoms with Crippen LogP contribution in [0.2, 0.25) is 0 Å². The van der Waals surface area contributed by atoms with Crippen LogP contribution in [0.4, 0.5) is 13.2 Å². The summed E-state index contributed by atoms with van der Waals surface area (Å²) >= 11 is 0. The Hall–Kier alpha value is -3.25. The number of carboxylic acids is 1. The molecule has 1 atom stereocenters. The molecule has 1 aliphatic heterocycles. The third-order valence-corrected chi connectivity index (χ3v) is 5.02. The highest BCUT2D eigenvalue weighted by Crippen LogP contribution is 2.28. The second-order valence-corrected chi connectivity index (χ2v) is 7.74. The van der Waals surface area contributed by atoms with Gasteiger partial charge in [-0.3, -0.25) is 14.3 Å². The number of ether oxygens (including phenoxy) is 1. The normalized spacial score (nSPS) is 16.1. The van der Waals surface area contributed by atoms with Crippen molar-refractivity contribution in [2.24, 2.45) is 14.1 Å². The average Bonchev–Trinajstić information content (AvgIpc) is 3.34. The highest BCUT2D eigenvalue weighted by Gasteiger charge is 2.38. The number of hydrogen-bond acceptors (Lipinski definition) is 6. The minimum absolute atomic E-state index is 0.263. The van der Waals surface area contributed by atoms with Crippen molar-refractivity contribution >= 4 is 5.97 Å². The summed E-state index contributed by atoms with van der Waals surface area (Å²) in [6.07, 6.45) is -1.10. The molecule has 2 aromatic heterocycles. The summed E-state index contributed by atoms with van der Waals surface area (Å²) in [6, 6.07) is 10.3. The number of halogens is 3. The van der Waals surface area contributed by atoms with Gasteiger partial charge >= 0.3 is 12.1 Å². The van der Waals surface area contributed by atoms with E-state index in [2.05, 4.69) is 38.6 Å². The van der Waals surface area contributed by atoms with E-state index in [-0.39, 0.29) is 5.92 Å². The molecule has 0 bridgehead atoms. The SMILES string of the molecule is Cn1cc(CN2Cc3nnn(C)c3C(COCc3ccccc3)C2)cn1.O=C(O)C(F)(F)F. The van der Waals surface area contributed by atoms with Gasteiger partial charge in [0.25, 0.3) is 0 Å². The lowest BCUT2D eigenvalue weighted by atomic mass is 9.98. The van der Waals surface area contributed by atoms with E-state index < -0.39 is 12.1 Å². The van der Waals surface area contributed by atoms with E-state index in [4.69, 9.17) is 14.6 Å². The van der Waals surface area contributed by atoms with Crippen LogP contribution in [0.25, 0.3) is 0 Å². The Labute approximate surface area is 188 Å². The summed E-state index contributed by atoms with van der Waals surface area (Å²) in [6.45, 7) is 3.89. The molecule has 0 aliphatic carbocycles. The average molecular weight is 466 g/mol. The fraction of sp³-hybridized carbons (Fsp3) is 0.429. The number of carboxylic acid groups (broad SMARTS) is 1. The molecule has 0 amide bonds. The Kier molecular flexibility index (Phi) is 7.82. The van der Waals surface area contributed by atoms with Crippen molar-refractivity contribution in [3.63, 3.8) is 0 Å². The predicted molar refractivity (Wildman–Crippen MR) is 111 cm³/mol. The zero-order valence-electron chi connectivity index (χ0n) is 18.2. The molecule has 4 rings (SSSR count). The molecule has 0 saturated heterocycles. The number of aromatic nitrogens is 5. The van der Waals surface area contributed by atoms with Crippen molar-refractivity contribution in [2.75, 3.05) is 13.2 Å². The van der Waals surface area contributed by atoms with Crippen LogP contribution in [0.5, 0.6) is 0 Å². The van der Waals surface area contributed by atoms with Crippen molar-refractivity contribution in [3.05, 3.63) is 65.2 Å². The van der Waals surface area contributed by atoms with Crippen LogP contribution in [0.1, 0.15) is 28.4 Å². The monoisotopic (exact) mass is 466 g/mol. The second-order valence-electron chi connectivity index (χ2n) is 7.74. The third-order valence-electron chi connectivity index (χ3n) is 5.02. The van der Waals surface area contributed by atoms with Gasteiger partial charge in [0.15, 0.2) is 0 Å². The number of benzene rings is 1. The maximum atomic E-state index is 10.6. The first-order valence-electron chi connectivity index (χ1n) is 10.1. The lowest BCUT2D eigenvalue weighted by Gasteiger charge is -2.31. The molecule has 9 nitrogen and oxygen atoms in total. The fourth-order valence-electron chi connectivity index (χ4n) is 3.65.